The molecule has 4 atom stereocenters. The summed E-state index contributed by atoms with van der Waals surface area (Å²) in [5, 5.41) is 9.28. The first-order chi connectivity index (χ1) is 15.6. The minimum Gasteiger partial charge on any atom is -0.478 e. The molecule has 7 nitrogen and oxygen atoms in total. The van der Waals surface area contributed by atoms with Crippen LogP contribution in [0.3, 0.4) is 0 Å². The summed E-state index contributed by atoms with van der Waals surface area (Å²) in [7, 11) is 0. The molecule has 0 spiro atoms. The first kappa shape index (κ1) is 20.5. The number of nitrogens with zero attached hydrogens (tertiary/aromatic N) is 1. The predicted octanol–water partition coefficient (Wildman–Crippen LogP) is 4.23. The summed E-state index contributed by atoms with van der Waals surface area (Å²) < 4.78 is 17.2. The summed E-state index contributed by atoms with van der Waals surface area (Å²) in [4.78, 5) is 28.2. The minimum atomic E-state index is -0.945. The van der Waals surface area contributed by atoms with Crippen molar-refractivity contribution in [3.8, 4) is 0 Å². The van der Waals surface area contributed by atoms with Crippen molar-refractivity contribution in [3.05, 3.63) is 89.1 Å². The maximum atomic E-state index is 12.4. The molecule has 164 valence electrons. The molecule has 2 aromatic carbocycles. The van der Waals surface area contributed by atoms with Crippen LogP contribution in [0.15, 0.2) is 65.3 Å². The zero-order valence-electron chi connectivity index (χ0n) is 17.3. The summed E-state index contributed by atoms with van der Waals surface area (Å²) in [5.41, 5.74) is 2.24. The third-order valence-corrected chi connectivity index (χ3v) is 6.30. The number of fused-ring (bicyclic) bond motifs is 2. The largest absolute Gasteiger partial charge is 0.478 e. The number of hydrogen-bond donors (Lipinski definition) is 1. The number of hydrogen-bond acceptors (Lipinski definition) is 6. The van der Waals surface area contributed by atoms with Gasteiger partial charge in [0.15, 0.2) is 5.69 Å². The van der Waals surface area contributed by atoms with Crippen LogP contribution < -0.4 is 0 Å². The van der Waals surface area contributed by atoms with Crippen LogP contribution in [0.2, 0.25) is 0 Å². The summed E-state index contributed by atoms with van der Waals surface area (Å²) in [6, 6.07) is 16.4. The Morgan fingerprint density at radius 1 is 1.03 bits per heavy atom. The van der Waals surface area contributed by atoms with Gasteiger partial charge in [0.05, 0.1) is 23.7 Å². The van der Waals surface area contributed by atoms with Crippen LogP contribution in [0.5, 0.6) is 0 Å². The quantitative estimate of drug-likeness (QED) is 0.557. The Balaban J connectivity index is 1.31. The molecule has 0 amide bonds. The van der Waals surface area contributed by atoms with Gasteiger partial charge in [-0.15, -0.1) is 0 Å². The normalized spacial score (nSPS) is 23.9. The Morgan fingerprint density at radius 3 is 2.62 bits per heavy atom. The van der Waals surface area contributed by atoms with E-state index in [0.29, 0.717) is 12.3 Å². The molecule has 32 heavy (non-hydrogen) atoms. The van der Waals surface area contributed by atoms with Crippen LogP contribution in [0.4, 0.5) is 0 Å². The van der Waals surface area contributed by atoms with Crippen molar-refractivity contribution < 1.29 is 28.6 Å². The first-order valence-corrected chi connectivity index (χ1v) is 10.7. The van der Waals surface area contributed by atoms with Crippen molar-refractivity contribution in [2.45, 2.75) is 44.0 Å². The number of carboxylic acid groups (broad SMARTS) is 1. The van der Waals surface area contributed by atoms with Gasteiger partial charge in [0.1, 0.15) is 12.9 Å². The third kappa shape index (κ3) is 4.03. The van der Waals surface area contributed by atoms with Crippen molar-refractivity contribution in [3.63, 3.8) is 0 Å². The summed E-state index contributed by atoms with van der Waals surface area (Å²) in [6.07, 6.45) is 3.92. The van der Waals surface area contributed by atoms with Crippen molar-refractivity contribution in [2.24, 2.45) is 5.92 Å². The highest BCUT2D eigenvalue weighted by atomic mass is 16.5. The second kappa shape index (κ2) is 8.59. The van der Waals surface area contributed by atoms with E-state index in [0.717, 1.165) is 24.0 Å². The molecule has 7 heteroatoms. The Kier molecular flexibility index (Phi) is 5.49. The van der Waals surface area contributed by atoms with Crippen LogP contribution >= 0.6 is 0 Å². The number of rotatable bonds is 7. The van der Waals surface area contributed by atoms with Gasteiger partial charge in [-0.3, -0.25) is 0 Å². The van der Waals surface area contributed by atoms with E-state index in [1.54, 1.807) is 18.2 Å². The fourth-order valence-electron chi connectivity index (χ4n) is 4.81. The molecule has 3 heterocycles. The third-order valence-electron chi connectivity index (χ3n) is 6.30. The molecule has 2 aliphatic rings. The molecular weight excluding hydrogens is 410 g/mol. The number of esters is 1. The fraction of sp³-hybridized carbons (Fsp3) is 0.320. The van der Waals surface area contributed by atoms with E-state index in [1.165, 1.54) is 6.26 Å². The molecule has 2 aliphatic heterocycles. The van der Waals surface area contributed by atoms with Gasteiger partial charge < -0.3 is 19.0 Å². The van der Waals surface area contributed by atoms with Gasteiger partial charge in [-0.1, -0.05) is 42.5 Å². The van der Waals surface area contributed by atoms with Gasteiger partial charge in [0.2, 0.25) is 5.89 Å². The van der Waals surface area contributed by atoms with E-state index in [1.807, 2.05) is 36.4 Å². The topological polar surface area (TPSA) is 98.9 Å². The van der Waals surface area contributed by atoms with Crippen LogP contribution in [-0.4, -0.2) is 34.2 Å². The van der Waals surface area contributed by atoms with Gasteiger partial charge in [0, 0.05) is 5.92 Å². The molecule has 0 saturated carbocycles. The maximum Gasteiger partial charge on any atom is 0.360 e. The van der Waals surface area contributed by atoms with Gasteiger partial charge in [0.25, 0.3) is 0 Å². The Labute approximate surface area is 185 Å². The SMILES string of the molecule is O=C(O)c1cccc(CC2C3CCC(O3)C2c2nc(C(=O)OCc3ccccc3)co2)c1. The number of aromatic carboxylic acids is 1. The van der Waals surface area contributed by atoms with Crippen LogP contribution in [-0.2, 0) is 22.5 Å². The highest BCUT2D eigenvalue weighted by molar-refractivity contribution is 5.87. The molecule has 3 aromatic rings. The zero-order valence-corrected chi connectivity index (χ0v) is 17.3. The minimum absolute atomic E-state index is 0.0144. The lowest BCUT2D eigenvalue weighted by molar-refractivity contribution is 0.0465. The van der Waals surface area contributed by atoms with E-state index < -0.39 is 11.9 Å². The maximum absolute atomic E-state index is 12.4. The van der Waals surface area contributed by atoms with E-state index in [4.69, 9.17) is 13.9 Å². The molecule has 5 rings (SSSR count). The standard InChI is InChI=1S/C25H23NO6/c27-24(28)17-8-4-7-16(11-17)12-18-20-9-10-21(32-20)22(18)23-26-19(14-30-23)25(29)31-13-15-5-2-1-3-6-15/h1-8,11,14,18,20-22H,9-10,12-13H2,(H,27,28). The lowest BCUT2D eigenvalue weighted by Gasteiger charge is -2.25. The lowest BCUT2D eigenvalue weighted by atomic mass is 9.76. The molecule has 1 aromatic heterocycles. The number of oxazole rings is 1. The average molecular weight is 433 g/mol. The van der Waals surface area contributed by atoms with E-state index in [2.05, 4.69) is 4.98 Å². The smallest absolute Gasteiger partial charge is 0.360 e. The number of benzene rings is 2. The first-order valence-electron chi connectivity index (χ1n) is 10.7. The van der Waals surface area contributed by atoms with Gasteiger partial charge in [-0.05, 0) is 42.5 Å². The molecule has 2 bridgehead atoms. The molecular formula is C25H23NO6. The van der Waals surface area contributed by atoms with Crippen molar-refractivity contribution in [2.75, 3.05) is 0 Å². The lowest BCUT2D eigenvalue weighted by Crippen LogP contribution is -2.27. The molecule has 2 saturated heterocycles. The Morgan fingerprint density at radius 2 is 1.81 bits per heavy atom. The summed E-state index contributed by atoms with van der Waals surface area (Å²) in [6.45, 7) is 0.168. The second-order valence-corrected chi connectivity index (χ2v) is 8.32. The van der Waals surface area contributed by atoms with Crippen molar-refractivity contribution in [1.82, 2.24) is 4.98 Å². The number of aromatic nitrogens is 1. The molecule has 0 radical (unpaired) electrons. The molecule has 0 aliphatic carbocycles. The summed E-state index contributed by atoms with van der Waals surface area (Å²) >= 11 is 0. The van der Waals surface area contributed by atoms with Crippen molar-refractivity contribution in [1.29, 1.82) is 0 Å². The van der Waals surface area contributed by atoms with E-state index in [-0.39, 0.29) is 41.9 Å². The monoisotopic (exact) mass is 433 g/mol. The number of carboxylic acids is 1. The number of ether oxygens (including phenoxy) is 2. The van der Waals surface area contributed by atoms with Crippen LogP contribution in [0, 0.1) is 5.92 Å². The number of carbonyl (C=O) groups is 2. The molecule has 4 unspecified atom stereocenters. The molecule has 2 fully saturated rings. The highest BCUT2D eigenvalue weighted by Gasteiger charge is 2.51. The average Bonchev–Trinajstić information content (AvgIpc) is 3.55. The van der Waals surface area contributed by atoms with Gasteiger partial charge >= 0.3 is 11.9 Å². The van der Waals surface area contributed by atoms with E-state index >= 15 is 0 Å². The highest BCUT2D eigenvalue weighted by Crippen LogP contribution is 2.49. The van der Waals surface area contributed by atoms with Gasteiger partial charge in [-0.2, -0.15) is 0 Å². The predicted molar refractivity (Wildman–Crippen MR) is 113 cm³/mol. The Hall–Kier alpha value is -3.45. The Bertz CT molecular complexity index is 1120. The fourth-order valence-corrected chi connectivity index (χ4v) is 4.81. The van der Waals surface area contributed by atoms with Crippen LogP contribution in [0.1, 0.15) is 56.6 Å². The molecule has 1 N–H and O–H groups in total. The van der Waals surface area contributed by atoms with Crippen molar-refractivity contribution >= 4 is 11.9 Å². The van der Waals surface area contributed by atoms with Crippen LogP contribution in [0.25, 0.3) is 0 Å². The van der Waals surface area contributed by atoms with Gasteiger partial charge in [-0.25, -0.2) is 14.6 Å². The number of carbonyl (C=O) groups excluding carboxylic acids is 1. The second-order valence-electron chi connectivity index (χ2n) is 8.32. The van der Waals surface area contributed by atoms with E-state index in [9.17, 15) is 14.7 Å². The zero-order chi connectivity index (χ0) is 22.1. The summed E-state index contributed by atoms with van der Waals surface area (Å²) in [5.74, 6) is -0.983.